The molecular formula is C18H25NO3. The third kappa shape index (κ3) is 4.05. The second-order valence-corrected chi connectivity index (χ2v) is 5.90. The van der Waals surface area contributed by atoms with Crippen LogP contribution in [0.4, 0.5) is 0 Å². The molecule has 0 fully saturated rings. The first-order chi connectivity index (χ1) is 10.6. The second-order valence-electron chi connectivity index (χ2n) is 5.90. The van der Waals surface area contributed by atoms with Crippen LogP contribution in [0.5, 0.6) is 0 Å². The molecule has 0 aromatic heterocycles. The topological polar surface area (TPSA) is 72.7 Å². The van der Waals surface area contributed by atoms with E-state index in [-0.39, 0.29) is 12.6 Å². The molecule has 1 aliphatic carbocycles. The summed E-state index contributed by atoms with van der Waals surface area (Å²) < 4.78 is 0. The predicted molar refractivity (Wildman–Crippen MR) is 87.5 cm³/mol. The Labute approximate surface area is 131 Å². The Bertz CT molecular complexity index is 514. The Hall–Kier alpha value is -1.46. The van der Waals surface area contributed by atoms with E-state index in [2.05, 4.69) is 17.4 Å². The Kier molecular flexibility index (Phi) is 5.91. The van der Waals surface area contributed by atoms with Gasteiger partial charge in [-0.15, -0.1) is 0 Å². The van der Waals surface area contributed by atoms with E-state index in [4.69, 9.17) is 0 Å². The number of nitrogens with one attached hydrogen (secondary N) is 1. The van der Waals surface area contributed by atoms with Gasteiger partial charge in [-0.2, -0.15) is 0 Å². The lowest BCUT2D eigenvalue weighted by Crippen LogP contribution is -2.60. The summed E-state index contributed by atoms with van der Waals surface area (Å²) in [7, 11) is 0. The molecule has 22 heavy (non-hydrogen) atoms. The molecule has 4 unspecified atom stereocenters. The van der Waals surface area contributed by atoms with Crippen molar-refractivity contribution in [3.63, 3.8) is 0 Å². The van der Waals surface area contributed by atoms with Crippen LogP contribution in [0.25, 0.3) is 0 Å². The first kappa shape index (κ1) is 16.9. The maximum Gasteiger partial charge on any atom is 0.130 e. The lowest BCUT2D eigenvalue weighted by atomic mass is 9.84. The smallest absolute Gasteiger partial charge is 0.130 e. The zero-order valence-electron chi connectivity index (χ0n) is 12.9. The van der Waals surface area contributed by atoms with Crippen LogP contribution in [0.15, 0.2) is 54.6 Å². The van der Waals surface area contributed by atoms with E-state index in [1.165, 1.54) is 17.7 Å². The van der Waals surface area contributed by atoms with E-state index < -0.39 is 17.7 Å². The maximum atomic E-state index is 10.6. The van der Waals surface area contributed by atoms with Crippen molar-refractivity contribution >= 4 is 0 Å². The molecule has 1 aliphatic rings. The van der Waals surface area contributed by atoms with E-state index in [9.17, 15) is 15.3 Å². The Morgan fingerprint density at radius 2 is 1.95 bits per heavy atom. The minimum atomic E-state index is -1.48. The summed E-state index contributed by atoms with van der Waals surface area (Å²) in [6.45, 7) is 1.77. The molecule has 0 bridgehead atoms. The Morgan fingerprint density at radius 1 is 1.23 bits per heavy atom. The van der Waals surface area contributed by atoms with Crippen LogP contribution >= 0.6 is 0 Å². The molecule has 0 amide bonds. The highest BCUT2D eigenvalue weighted by atomic mass is 16.3. The number of aliphatic hydroxyl groups is 3. The molecule has 0 aliphatic heterocycles. The van der Waals surface area contributed by atoms with Gasteiger partial charge in [-0.25, -0.2) is 0 Å². The highest BCUT2D eigenvalue weighted by Crippen LogP contribution is 2.23. The van der Waals surface area contributed by atoms with Gasteiger partial charge in [0.05, 0.1) is 12.6 Å². The number of hydrogen-bond donors (Lipinski definition) is 4. The van der Waals surface area contributed by atoms with Gasteiger partial charge in [0.25, 0.3) is 0 Å². The van der Waals surface area contributed by atoms with Crippen LogP contribution in [0.3, 0.4) is 0 Å². The van der Waals surface area contributed by atoms with Crippen LogP contribution in [0.2, 0.25) is 0 Å². The summed E-state index contributed by atoms with van der Waals surface area (Å²) in [5, 5.41) is 33.5. The fraction of sp³-hybridized carbons (Fsp3) is 0.444. The molecule has 2 rings (SSSR count). The lowest BCUT2D eigenvalue weighted by molar-refractivity contribution is -0.0568. The van der Waals surface area contributed by atoms with Crippen molar-refractivity contribution in [2.24, 2.45) is 0 Å². The van der Waals surface area contributed by atoms with E-state index in [1.807, 2.05) is 25.1 Å². The zero-order valence-corrected chi connectivity index (χ0v) is 12.9. The number of aryl methyl sites for hydroxylation is 1. The van der Waals surface area contributed by atoms with Crippen molar-refractivity contribution in [1.82, 2.24) is 5.32 Å². The fourth-order valence-electron chi connectivity index (χ4n) is 2.74. The molecule has 4 N–H and O–H groups in total. The molecule has 120 valence electrons. The van der Waals surface area contributed by atoms with Crippen molar-refractivity contribution in [2.75, 3.05) is 6.61 Å². The number of allylic oxidation sites excluding steroid dienone is 2. The molecular weight excluding hydrogens is 278 g/mol. The molecule has 4 heteroatoms. The van der Waals surface area contributed by atoms with E-state index in [1.54, 1.807) is 12.2 Å². The second kappa shape index (κ2) is 7.70. The average molecular weight is 303 g/mol. The molecule has 1 aromatic carbocycles. The van der Waals surface area contributed by atoms with Crippen LogP contribution in [0.1, 0.15) is 18.9 Å². The number of benzene rings is 1. The number of rotatable bonds is 7. The van der Waals surface area contributed by atoms with Gasteiger partial charge in [0, 0.05) is 6.04 Å². The summed E-state index contributed by atoms with van der Waals surface area (Å²) in [4.78, 5) is 0. The summed E-state index contributed by atoms with van der Waals surface area (Å²) in [5.74, 6) is 0. The maximum absolute atomic E-state index is 10.6. The van der Waals surface area contributed by atoms with Gasteiger partial charge in [-0.1, -0.05) is 48.6 Å². The van der Waals surface area contributed by atoms with Crippen LogP contribution < -0.4 is 5.32 Å². The summed E-state index contributed by atoms with van der Waals surface area (Å²) in [5.41, 5.74) is -0.222. The lowest BCUT2D eigenvalue weighted by Gasteiger charge is -2.38. The SMILES string of the molecule is CC(CCc1ccccc1)NC(CO)C1(O)C=CC=CC1O. The monoisotopic (exact) mass is 303 g/mol. The largest absolute Gasteiger partial charge is 0.395 e. The molecule has 4 atom stereocenters. The molecule has 0 saturated carbocycles. The van der Waals surface area contributed by atoms with Gasteiger partial charge >= 0.3 is 0 Å². The van der Waals surface area contributed by atoms with Gasteiger partial charge < -0.3 is 20.6 Å². The summed E-state index contributed by atoms with van der Waals surface area (Å²) >= 11 is 0. The highest BCUT2D eigenvalue weighted by molar-refractivity contribution is 5.25. The van der Waals surface area contributed by atoms with Gasteiger partial charge in [0.1, 0.15) is 11.7 Å². The minimum Gasteiger partial charge on any atom is -0.395 e. The average Bonchev–Trinajstić information content (AvgIpc) is 2.54. The standard InChI is InChI=1S/C18H25NO3/c1-14(10-11-15-7-3-2-4-8-15)19-16(13-20)18(22)12-6-5-9-17(18)21/h2-9,12,14,16-17,19-22H,10-11,13H2,1H3. The third-order valence-corrected chi connectivity index (χ3v) is 4.18. The van der Waals surface area contributed by atoms with Crippen molar-refractivity contribution in [2.45, 2.75) is 43.6 Å². The van der Waals surface area contributed by atoms with Crippen LogP contribution in [0, 0.1) is 0 Å². The first-order valence-electron chi connectivity index (χ1n) is 7.73. The van der Waals surface area contributed by atoms with Gasteiger partial charge in [0.15, 0.2) is 0 Å². The Morgan fingerprint density at radius 3 is 2.59 bits per heavy atom. The summed E-state index contributed by atoms with van der Waals surface area (Å²) in [6, 6.07) is 9.68. The molecule has 0 saturated heterocycles. The van der Waals surface area contributed by atoms with E-state index >= 15 is 0 Å². The normalized spacial score (nSPS) is 26.8. The summed E-state index contributed by atoms with van der Waals surface area (Å²) in [6.07, 6.45) is 7.21. The minimum absolute atomic E-state index is 0.105. The van der Waals surface area contributed by atoms with Crippen LogP contribution in [-0.4, -0.2) is 45.7 Å². The molecule has 0 heterocycles. The zero-order chi connectivity index (χ0) is 16.0. The van der Waals surface area contributed by atoms with E-state index in [0.29, 0.717) is 0 Å². The highest BCUT2D eigenvalue weighted by Gasteiger charge is 2.41. The van der Waals surface area contributed by atoms with Crippen molar-refractivity contribution in [1.29, 1.82) is 0 Å². The van der Waals surface area contributed by atoms with Gasteiger partial charge in [0.2, 0.25) is 0 Å². The van der Waals surface area contributed by atoms with Gasteiger partial charge in [-0.05, 0) is 31.4 Å². The first-order valence-corrected chi connectivity index (χ1v) is 7.73. The quantitative estimate of drug-likeness (QED) is 0.610. The molecule has 0 radical (unpaired) electrons. The number of hydrogen-bond acceptors (Lipinski definition) is 4. The van der Waals surface area contributed by atoms with Gasteiger partial charge in [-0.3, -0.25) is 0 Å². The van der Waals surface area contributed by atoms with Crippen LogP contribution in [-0.2, 0) is 6.42 Å². The molecule has 4 nitrogen and oxygen atoms in total. The molecule has 1 aromatic rings. The Balaban J connectivity index is 1.92. The van der Waals surface area contributed by atoms with Crippen molar-refractivity contribution in [3.05, 3.63) is 60.2 Å². The fourth-order valence-corrected chi connectivity index (χ4v) is 2.74. The van der Waals surface area contributed by atoms with E-state index in [0.717, 1.165) is 12.8 Å². The number of aliphatic hydroxyl groups excluding tert-OH is 2. The molecule has 0 spiro atoms. The van der Waals surface area contributed by atoms with Crippen molar-refractivity contribution < 1.29 is 15.3 Å². The predicted octanol–water partition coefficient (Wildman–Crippen LogP) is 1.18. The third-order valence-electron chi connectivity index (χ3n) is 4.18. The van der Waals surface area contributed by atoms with Crippen molar-refractivity contribution in [3.8, 4) is 0 Å².